The fraction of sp³-hybridized carbons (Fsp3) is 0.348. The zero-order valence-corrected chi connectivity index (χ0v) is 20.0. The number of anilines is 1. The first kappa shape index (κ1) is 24.0. The molecule has 178 valence electrons. The van der Waals surface area contributed by atoms with Crippen LogP contribution in [0.15, 0.2) is 41.7 Å². The highest BCUT2D eigenvalue weighted by atomic mass is 35.5. The van der Waals surface area contributed by atoms with E-state index >= 15 is 0 Å². The molecule has 0 spiro atoms. The molecule has 1 saturated carbocycles. The molecule has 0 saturated heterocycles. The van der Waals surface area contributed by atoms with E-state index in [4.69, 9.17) is 23.2 Å². The second-order valence-corrected chi connectivity index (χ2v) is 8.91. The van der Waals surface area contributed by atoms with E-state index in [1.807, 2.05) is 11.5 Å². The fourth-order valence-corrected chi connectivity index (χ4v) is 4.69. The summed E-state index contributed by atoms with van der Waals surface area (Å²) in [5.41, 5.74) is 0.249. The van der Waals surface area contributed by atoms with Gasteiger partial charge in [0.1, 0.15) is 11.2 Å². The van der Waals surface area contributed by atoms with Crippen LogP contribution in [0.1, 0.15) is 49.0 Å². The number of nitrogens with zero attached hydrogens (tertiary/aromatic N) is 3. The zero-order chi connectivity index (χ0) is 24.2. The van der Waals surface area contributed by atoms with Crippen molar-refractivity contribution in [2.45, 2.75) is 44.7 Å². The third kappa shape index (κ3) is 5.00. The van der Waals surface area contributed by atoms with Crippen molar-refractivity contribution in [2.24, 2.45) is 0 Å². The maximum Gasteiger partial charge on any atom is 0.314 e. The molecule has 4 rings (SSSR count). The number of amides is 3. The van der Waals surface area contributed by atoms with Crippen LogP contribution in [0.5, 0.6) is 0 Å². The number of aromatic nitrogens is 3. The maximum atomic E-state index is 13.2. The standard InChI is InChI=1S/C23H24Cl2N6O3/c1-2-27-23(34)29-13-5-7-14(8-6-13)31-12-16(20(32)15-4-3-9-28-21(15)31)22(33)30-19-17(24)10-26-11-18(19)25/h3-4,9-14H,2,5-8H2,1H3,(H,26,30,33)(H2,27,29,34). The zero-order valence-electron chi connectivity index (χ0n) is 18.5. The molecule has 3 aromatic rings. The lowest BCUT2D eigenvalue weighted by atomic mass is 9.90. The number of nitrogens with one attached hydrogen (secondary N) is 3. The molecule has 3 amide bonds. The van der Waals surface area contributed by atoms with Crippen molar-refractivity contribution in [3.8, 4) is 0 Å². The minimum Gasteiger partial charge on any atom is -0.338 e. The number of pyridine rings is 3. The van der Waals surface area contributed by atoms with Crippen LogP contribution in [0.3, 0.4) is 0 Å². The van der Waals surface area contributed by atoms with Crippen LogP contribution in [0, 0.1) is 0 Å². The van der Waals surface area contributed by atoms with Crippen LogP contribution in [-0.4, -0.2) is 39.1 Å². The minimum atomic E-state index is -0.619. The SMILES string of the molecule is CCNC(=O)NC1CCC(n2cc(C(=O)Nc3c(Cl)cncc3Cl)c(=O)c3cccnc32)CC1. The molecule has 34 heavy (non-hydrogen) atoms. The number of rotatable bonds is 5. The van der Waals surface area contributed by atoms with Gasteiger partial charge in [0.05, 0.1) is 21.1 Å². The summed E-state index contributed by atoms with van der Waals surface area (Å²) in [6.07, 6.45) is 8.95. The van der Waals surface area contributed by atoms with Gasteiger partial charge in [-0.25, -0.2) is 9.78 Å². The van der Waals surface area contributed by atoms with Crippen molar-refractivity contribution < 1.29 is 9.59 Å². The predicted molar refractivity (Wildman–Crippen MR) is 132 cm³/mol. The Morgan fingerprint density at radius 3 is 2.53 bits per heavy atom. The normalized spacial score (nSPS) is 17.9. The van der Waals surface area contributed by atoms with Crippen molar-refractivity contribution in [3.63, 3.8) is 0 Å². The van der Waals surface area contributed by atoms with E-state index in [9.17, 15) is 14.4 Å². The minimum absolute atomic E-state index is 0.0185. The topological polar surface area (TPSA) is 118 Å². The fourth-order valence-electron chi connectivity index (χ4n) is 4.23. The van der Waals surface area contributed by atoms with Gasteiger partial charge in [-0.05, 0) is 44.7 Å². The Bertz CT molecular complexity index is 1270. The van der Waals surface area contributed by atoms with Gasteiger partial charge in [0.15, 0.2) is 0 Å². The molecule has 0 aliphatic heterocycles. The van der Waals surface area contributed by atoms with Crippen LogP contribution in [0.25, 0.3) is 11.0 Å². The molecule has 0 aromatic carbocycles. The molecule has 1 aliphatic carbocycles. The first-order valence-corrected chi connectivity index (χ1v) is 11.8. The third-order valence-electron chi connectivity index (χ3n) is 5.89. The molecule has 0 radical (unpaired) electrons. The van der Waals surface area contributed by atoms with E-state index in [-0.39, 0.29) is 39.4 Å². The van der Waals surface area contributed by atoms with Gasteiger partial charge in [0.2, 0.25) is 5.43 Å². The molecule has 3 aromatic heterocycles. The van der Waals surface area contributed by atoms with Crippen molar-refractivity contribution in [1.82, 2.24) is 25.2 Å². The van der Waals surface area contributed by atoms with Gasteiger partial charge in [-0.15, -0.1) is 0 Å². The van der Waals surface area contributed by atoms with Crippen LogP contribution < -0.4 is 21.4 Å². The largest absolute Gasteiger partial charge is 0.338 e. The second-order valence-electron chi connectivity index (χ2n) is 8.10. The van der Waals surface area contributed by atoms with Crippen molar-refractivity contribution in [1.29, 1.82) is 0 Å². The second kappa shape index (κ2) is 10.4. The molecule has 1 aliphatic rings. The van der Waals surface area contributed by atoms with Crippen molar-refractivity contribution >= 4 is 51.9 Å². The highest BCUT2D eigenvalue weighted by Crippen LogP contribution is 2.31. The number of halogens is 2. The number of urea groups is 1. The van der Waals surface area contributed by atoms with Crippen molar-refractivity contribution in [3.05, 3.63) is 62.8 Å². The Hall–Kier alpha value is -3.17. The number of carbonyl (C=O) groups excluding carboxylic acids is 2. The van der Waals surface area contributed by atoms with Gasteiger partial charge in [-0.1, -0.05) is 23.2 Å². The molecule has 3 N–H and O–H groups in total. The Kier molecular flexibility index (Phi) is 7.33. The number of hydrogen-bond donors (Lipinski definition) is 3. The molecule has 0 atom stereocenters. The lowest BCUT2D eigenvalue weighted by Gasteiger charge is -2.31. The number of fused-ring (bicyclic) bond motifs is 1. The van der Waals surface area contributed by atoms with Crippen LogP contribution >= 0.6 is 23.2 Å². The summed E-state index contributed by atoms with van der Waals surface area (Å²) >= 11 is 12.3. The Labute approximate surface area is 205 Å². The number of carbonyl (C=O) groups is 2. The predicted octanol–water partition coefficient (Wildman–Crippen LogP) is 4.15. The molecular weight excluding hydrogens is 479 g/mol. The smallest absolute Gasteiger partial charge is 0.314 e. The molecular formula is C23H24Cl2N6O3. The van der Waals surface area contributed by atoms with E-state index in [1.165, 1.54) is 12.4 Å². The molecule has 0 bridgehead atoms. The summed E-state index contributed by atoms with van der Waals surface area (Å²) in [5.74, 6) is -0.619. The molecule has 11 heteroatoms. The summed E-state index contributed by atoms with van der Waals surface area (Å²) in [6.45, 7) is 2.44. The lowest BCUT2D eigenvalue weighted by Crippen LogP contribution is -2.43. The summed E-state index contributed by atoms with van der Waals surface area (Å²) in [5, 5.41) is 9.06. The van der Waals surface area contributed by atoms with Crippen LogP contribution in [-0.2, 0) is 0 Å². The van der Waals surface area contributed by atoms with E-state index in [0.717, 1.165) is 25.7 Å². The summed E-state index contributed by atoms with van der Waals surface area (Å²) in [4.78, 5) is 46.4. The van der Waals surface area contributed by atoms with Gasteiger partial charge >= 0.3 is 6.03 Å². The highest BCUT2D eigenvalue weighted by molar-refractivity contribution is 6.39. The van der Waals surface area contributed by atoms with Gasteiger partial charge in [-0.2, -0.15) is 0 Å². The average molecular weight is 503 g/mol. The molecule has 0 unspecified atom stereocenters. The number of hydrogen-bond acceptors (Lipinski definition) is 5. The quantitative estimate of drug-likeness (QED) is 0.484. The average Bonchev–Trinajstić information content (AvgIpc) is 2.82. The highest BCUT2D eigenvalue weighted by Gasteiger charge is 2.26. The monoisotopic (exact) mass is 502 g/mol. The van der Waals surface area contributed by atoms with Crippen molar-refractivity contribution in [2.75, 3.05) is 11.9 Å². The van der Waals surface area contributed by atoms with E-state index < -0.39 is 11.3 Å². The maximum absolute atomic E-state index is 13.2. The summed E-state index contributed by atoms with van der Waals surface area (Å²) in [6, 6.07) is 3.24. The summed E-state index contributed by atoms with van der Waals surface area (Å²) < 4.78 is 1.89. The molecule has 1 fully saturated rings. The van der Waals surface area contributed by atoms with E-state index in [2.05, 4.69) is 25.9 Å². The Balaban J connectivity index is 1.63. The van der Waals surface area contributed by atoms with Crippen LogP contribution in [0.2, 0.25) is 10.0 Å². The van der Waals surface area contributed by atoms with Gasteiger partial charge in [0, 0.05) is 43.4 Å². The Morgan fingerprint density at radius 1 is 1.15 bits per heavy atom. The van der Waals surface area contributed by atoms with Gasteiger partial charge in [-0.3, -0.25) is 14.6 Å². The van der Waals surface area contributed by atoms with E-state index in [0.29, 0.717) is 17.6 Å². The summed E-state index contributed by atoms with van der Waals surface area (Å²) in [7, 11) is 0. The molecule has 3 heterocycles. The first-order chi connectivity index (χ1) is 16.4. The third-order valence-corrected chi connectivity index (χ3v) is 6.46. The Morgan fingerprint density at radius 2 is 1.85 bits per heavy atom. The first-order valence-electron chi connectivity index (χ1n) is 11.0. The van der Waals surface area contributed by atoms with Crippen LogP contribution in [0.4, 0.5) is 10.5 Å². The van der Waals surface area contributed by atoms with E-state index in [1.54, 1.807) is 24.5 Å². The molecule has 9 nitrogen and oxygen atoms in total. The van der Waals surface area contributed by atoms with Gasteiger partial charge < -0.3 is 20.5 Å². The van der Waals surface area contributed by atoms with Gasteiger partial charge in [0.25, 0.3) is 5.91 Å². The lowest BCUT2D eigenvalue weighted by molar-refractivity contribution is 0.102.